The highest BCUT2D eigenvalue weighted by atomic mass is 16.5. The molecule has 3 N–H and O–H groups in total. The molecule has 6 heteroatoms. The fourth-order valence-corrected chi connectivity index (χ4v) is 3.18. The summed E-state index contributed by atoms with van der Waals surface area (Å²) in [6, 6.07) is 15.1. The minimum atomic E-state index is -1.02. The molecule has 0 saturated carbocycles. The molecule has 3 rings (SSSR count). The van der Waals surface area contributed by atoms with Crippen molar-refractivity contribution in [3.63, 3.8) is 0 Å². The summed E-state index contributed by atoms with van der Waals surface area (Å²) in [6.07, 6.45) is -2.08. The van der Waals surface area contributed by atoms with Gasteiger partial charge in [-0.2, -0.15) is 0 Å². The molecule has 1 saturated heterocycles. The lowest BCUT2D eigenvalue weighted by atomic mass is 9.93. The molecule has 1 unspecified atom stereocenters. The largest absolute Gasteiger partial charge is 0.497 e. The molecule has 1 heterocycles. The van der Waals surface area contributed by atoms with Gasteiger partial charge >= 0.3 is 0 Å². The molecule has 6 nitrogen and oxygen atoms in total. The number of ether oxygens (including phenoxy) is 3. The summed E-state index contributed by atoms with van der Waals surface area (Å²) in [5.74, 6) is 1.55. The van der Waals surface area contributed by atoms with Crippen LogP contribution in [-0.4, -0.2) is 54.0 Å². The minimum absolute atomic E-state index is 0.188. The lowest BCUT2D eigenvalue weighted by Gasteiger charge is -2.36. The molecule has 0 aromatic heterocycles. The zero-order chi connectivity index (χ0) is 19.2. The van der Waals surface area contributed by atoms with Gasteiger partial charge in [0.05, 0.1) is 32.5 Å². The third-order valence-corrected chi connectivity index (χ3v) is 4.78. The lowest BCUT2D eigenvalue weighted by molar-refractivity contribution is -0.179. The number of aliphatic hydroxyl groups is 3. The van der Waals surface area contributed by atoms with Gasteiger partial charge in [-0.05, 0) is 35.4 Å². The Kier molecular flexibility index (Phi) is 6.68. The normalized spacial score (nSPS) is 25.2. The lowest BCUT2D eigenvalue weighted by Crippen LogP contribution is -2.44. The van der Waals surface area contributed by atoms with E-state index in [2.05, 4.69) is 0 Å². The Morgan fingerprint density at radius 3 is 2.30 bits per heavy atom. The van der Waals surface area contributed by atoms with Gasteiger partial charge in [0.1, 0.15) is 23.7 Å². The van der Waals surface area contributed by atoms with Crippen LogP contribution in [0.1, 0.15) is 23.7 Å². The summed E-state index contributed by atoms with van der Waals surface area (Å²) in [5.41, 5.74) is 1.90. The van der Waals surface area contributed by atoms with Crippen LogP contribution >= 0.6 is 0 Å². The van der Waals surface area contributed by atoms with E-state index in [0.717, 1.165) is 29.0 Å². The Bertz CT molecular complexity index is 700. The smallest absolute Gasteiger partial charge is 0.119 e. The van der Waals surface area contributed by atoms with Crippen molar-refractivity contribution in [2.45, 2.75) is 37.3 Å². The van der Waals surface area contributed by atoms with E-state index >= 15 is 0 Å². The van der Waals surface area contributed by atoms with E-state index in [1.165, 1.54) is 0 Å². The van der Waals surface area contributed by atoms with Gasteiger partial charge in [0.15, 0.2) is 0 Å². The Morgan fingerprint density at radius 1 is 1.00 bits per heavy atom. The predicted octanol–water partition coefficient (Wildman–Crippen LogP) is 1.86. The molecular weight excluding hydrogens is 348 g/mol. The topological polar surface area (TPSA) is 88.4 Å². The summed E-state index contributed by atoms with van der Waals surface area (Å²) < 4.78 is 16.6. The van der Waals surface area contributed by atoms with Crippen molar-refractivity contribution < 1.29 is 29.5 Å². The van der Waals surface area contributed by atoms with Crippen LogP contribution in [0.3, 0.4) is 0 Å². The third kappa shape index (κ3) is 4.99. The Hall–Kier alpha value is -2.12. The zero-order valence-electron chi connectivity index (χ0n) is 15.3. The molecule has 2 aromatic carbocycles. The van der Waals surface area contributed by atoms with Crippen molar-refractivity contribution >= 4 is 0 Å². The van der Waals surface area contributed by atoms with Gasteiger partial charge in [-0.3, -0.25) is 0 Å². The van der Waals surface area contributed by atoms with Crippen LogP contribution in [0.25, 0.3) is 0 Å². The van der Waals surface area contributed by atoms with Crippen LogP contribution in [0, 0.1) is 0 Å². The van der Waals surface area contributed by atoms with E-state index in [4.69, 9.17) is 14.2 Å². The molecule has 2 aromatic rings. The van der Waals surface area contributed by atoms with Gasteiger partial charge < -0.3 is 29.5 Å². The molecular formula is C21H26O6. The Balaban J connectivity index is 1.55. The molecule has 27 heavy (non-hydrogen) atoms. The van der Waals surface area contributed by atoms with Crippen LogP contribution < -0.4 is 9.47 Å². The van der Waals surface area contributed by atoms with Crippen LogP contribution in [0.2, 0.25) is 0 Å². The molecule has 0 aliphatic carbocycles. The molecule has 146 valence electrons. The highest BCUT2D eigenvalue weighted by Crippen LogP contribution is 2.32. The Morgan fingerprint density at radius 2 is 1.67 bits per heavy atom. The molecule has 1 aliphatic rings. The highest BCUT2D eigenvalue weighted by molar-refractivity contribution is 5.30. The van der Waals surface area contributed by atoms with Gasteiger partial charge in [-0.15, -0.1) is 0 Å². The van der Waals surface area contributed by atoms with Crippen LogP contribution in [-0.2, 0) is 11.2 Å². The van der Waals surface area contributed by atoms with E-state index in [1.807, 2.05) is 48.5 Å². The maximum absolute atomic E-state index is 10.2. The monoisotopic (exact) mass is 374 g/mol. The number of aliphatic hydroxyl groups excluding tert-OH is 3. The van der Waals surface area contributed by atoms with Crippen LogP contribution in [0.5, 0.6) is 11.5 Å². The number of methoxy groups -OCH3 is 1. The van der Waals surface area contributed by atoms with Crippen molar-refractivity contribution in [2.24, 2.45) is 0 Å². The SMILES string of the molecule is COc1ccc(CCOc2ccc(C3O[C@H](CO)C[C@H](O)[C@@H]3O)cc2)cc1. The maximum Gasteiger partial charge on any atom is 0.119 e. The average molecular weight is 374 g/mol. The Labute approximate surface area is 158 Å². The second-order valence-corrected chi connectivity index (χ2v) is 6.67. The fourth-order valence-electron chi connectivity index (χ4n) is 3.18. The third-order valence-electron chi connectivity index (χ3n) is 4.78. The first-order valence-electron chi connectivity index (χ1n) is 9.09. The van der Waals surface area contributed by atoms with Crippen molar-refractivity contribution in [1.82, 2.24) is 0 Å². The summed E-state index contributed by atoms with van der Waals surface area (Å²) in [4.78, 5) is 0. The standard InChI is InChI=1S/C21H26O6/c1-25-16-6-2-14(3-7-16)10-11-26-17-8-4-15(5-9-17)21-20(24)19(23)12-18(13-22)27-21/h2-9,18-24H,10-13H2,1H3/t18-,19-,20-,21?/m0/s1. The van der Waals surface area contributed by atoms with Gasteiger partial charge in [0.2, 0.25) is 0 Å². The summed E-state index contributed by atoms with van der Waals surface area (Å²) in [5, 5.41) is 29.4. The van der Waals surface area contributed by atoms with Gasteiger partial charge in [0.25, 0.3) is 0 Å². The number of rotatable bonds is 7. The summed E-state index contributed by atoms with van der Waals surface area (Å²) in [6.45, 7) is 0.354. The van der Waals surface area contributed by atoms with Crippen LogP contribution in [0.4, 0.5) is 0 Å². The van der Waals surface area contributed by atoms with Crippen LogP contribution in [0.15, 0.2) is 48.5 Å². The maximum atomic E-state index is 10.2. The van der Waals surface area contributed by atoms with E-state index in [0.29, 0.717) is 6.61 Å². The second kappa shape index (κ2) is 9.19. The fraction of sp³-hybridized carbons (Fsp3) is 0.429. The van der Waals surface area contributed by atoms with E-state index < -0.39 is 24.4 Å². The quantitative estimate of drug-likeness (QED) is 0.686. The molecule has 0 spiro atoms. The second-order valence-electron chi connectivity index (χ2n) is 6.67. The first kappa shape index (κ1) is 19.6. The minimum Gasteiger partial charge on any atom is -0.497 e. The zero-order valence-corrected chi connectivity index (χ0v) is 15.3. The molecule has 0 amide bonds. The summed E-state index contributed by atoms with van der Waals surface area (Å²) in [7, 11) is 1.64. The number of benzene rings is 2. The predicted molar refractivity (Wildman–Crippen MR) is 100.0 cm³/mol. The molecule has 0 bridgehead atoms. The molecule has 1 aliphatic heterocycles. The first-order chi connectivity index (χ1) is 13.1. The van der Waals surface area contributed by atoms with Crippen molar-refractivity contribution in [1.29, 1.82) is 0 Å². The van der Waals surface area contributed by atoms with Gasteiger partial charge in [0, 0.05) is 12.8 Å². The van der Waals surface area contributed by atoms with E-state index in [1.54, 1.807) is 7.11 Å². The van der Waals surface area contributed by atoms with Gasteiger partial charge in [-0.25, -0.2) is 0 Å². The number of hydrogen-bond acceptors (Lipinski definition) is 6. The van der Waals surface area contributed by atoms with E-state index in [9.17, 15) is 15.3 Å². The molecule has 1 fully saturated rings. The first-order valence-corrected chi connectivity index (χ1v) is 9.09. The van der Waals surface area contributed by atoms with E-state index in [-0.39, 0.29) is 13.0 Å². The molecule has 4 atom stereocenters. The number of hydrogen-bond donors (Lipinski definition) is 3. The van der Waals surface area contributed by atoms with Gasteiger partial charge in [-0.1, -0.05) is 24.3 Å². The van der Waals surface area contributed by atoms with Crippen molar-refractivity contribution in [3.8, 4) is 11.5 Å². The molecule has 0 radical (unpaired) electrons. The highest BCUT2D eigenvalue weighted by Gasteiger charge is 2.37. The van der Waals surface area contributed by atoms with Crippen molar-refractivity contribution in [3.05, 3.63) is 59.7 Å². The van der Waals surface area contributed by atoms with Crippen molar-refractivity contribution in [2.75, 3.05) is 20.3 Å². The average Bonchev–Trinajstić information content (AvgIpc) is 2.71. The summed E-state index contributed by atoms with van der Waals surface area (Å²) >= 11 is 0.